The molecule has 2 unspecified atom stereocenters. The molecule has 1 aliphatic rings. The Kier molecular flexibility index (Phi) is 2.62. The summed E-state index contributed by atoms with van der Waals surface area (Å²) in [5.74, 6) is 0.471. The van der Waals surface area contributed by atoms with E-state index in [9.17, 15) is 0 Å². The zero-order valence-electron chi connectivity index (χ0n) is 9.04. The standard InChI is InChI=1S/C13H15ClN2/c14-12-8-15-6-5-9(12)11-7-16-13-4-2-1-3-10(11)13/h1-4,7,9,12,15-16H,5-6,8H2. The van der Waals surface area contributed by atoms with Gasteiger partial charge in [0.2, 0.25) is 0 Å². The number of H-pyrrole nitrogens is 1. The predicted octanol–water partition coefficient (Wildman–Crippen LogP) is 2.85. The van der Waals surface area contributed by atoms with Crippen LogP contribution in [0.3, 0.4) is 0 Å². The molecule has 2 atom stereocenters. The number of halogens is 1. The van der Waals surface area contributed by atoms with Crippen molar-refractivity contribution in [1.82, 2.24) is 10.3 Å². The number of benzene rings is 1. The number of para-hydroxylation sites is 1. The fraction of sp³-hybridized carbons (Fsp3) is 0.385. The van der Waals surface area contributed by atoms with E-state index in [1.165, 1.54) is 16.5 Å². The van der Waals surface area contributed by atoms with Crippen molar-refractivity contribution in [3.63, 3.8) is 0 Å². The van der Waals surface area contributed by atoms with Gasteiger partial charge < -0.3 is 10.3 Å². The first-order chi connectivity index (χ1) is 7.86. The average Bonchev–Trinajstić information content (AvgIpc) is 2.74. The number of piperidine rings is 1. The third kappa shape index (κ3) is 1.62. The monoisotopic (exact) mass is 234 g/mol. The Morgan fingerprint density at radius 1 is 1.25 bits per heavy atom. The lowest BCUT2D eigenvalue weighted by Crippen LogP contribution is -2.36. The molecule has 0 saturated carbocycles. The van der Waals surface area contributed by atoms with Crippen molar-refractivity contribution < 1.29 is 0 Å². The van der Waals surface area contributed by atoms with Gasteiger partial charge in [0.15, 0.2) is 0 Å². The van der Waals surface area contributed by atoms with Gasteiger partial charge in [0, 0.05) is 29.6 Å². The third-order valence-corrected chi connectivity index (χ3v) is 3.89. The molecular formula is C13H15ClN2. The molecule has 16 heavy (non-hydrogen) atoms. The SMILES string of the molecule is ClC1CNCCC1c1c[nH]c2ccccc12. The number of aromatic nitrogens is 1. The summed E-state index contributed by atoms with van der Waals surface area (Å²) in [5, 5.41) is 4.85. The molecule has 2 N–H and O–H groups in total. The Hall–Kier alpha value is -0.990. The molecule has 2 nitrogen and oxygen atoms in total. The lowest BCUT2D eigenvalue weighted by atomic mass is 9.89. The van der Waals surface area contributed by atoms with Crippen LogP contribution in [0.15, 0.2) is 30.5 Å². The number of rotatable bonds is 1. The van der Waals surface area contributed by atoms with Crippen molar-refractivity contribution in [2.75, 3.05) is 13.1 Å². The summed E-state index contributed by atoms with van der Waals surface area (Å²) < 4.78 is 0. The van der Waals surface area contributed by atoms with Crippen molar-refractivity contribution in [3.05, 3.63) is 36.0 Å². The molecule has 3 rings (SSSR count). The Morgan fingerprint density at radius 2 is 2.12 bits per heavy atom. The first kappa shape index (κ1) is 10.2. The van der Waals surface area contributed by atoms with E-state index in [-0.39, 0.29) is 5.38 Å². The lowest BCUT2D eigenvalue weighted by molar-refractivity contribution is 0.469. The van der Waals surface area contributed by atoms with E-state index < -0.39 is 0 Å². The topological polar surface area (TPSA) is 27.8 Å². The van der Waals surface area contributed by atoms with E-state index in [1.807, 2.05) is 0 Å². The zero-order chi connectivity index (χ0) is 11.0. The molecule has 0 aliphatic carbocycles. The summed E-state index contributed by atoms with van der Waals surface area (Å²) >= 11 is 6.40. The summed E-state index contributed by atoms with van der Waals surface area (Å²) in [6.45, 7) is 1.97. The van der Waals surface area contributed by atoms with Gasteiger partial charge in [-0.15, -0.1) is 11.6 Å². The zero-order valence-corrected chi connectivity index (χ0v) is 9.80. The van der Waals surface area contributed by atoms with Crippen molar-refractivity contribution >= 4 is 22.5 Å². The van der Waals surface area contributed by atoms with Crippen LogP contribution in [0.5, 0.6) is 0 Å². The summed E-state index contributed by atoms with van der Waals surface area (Å²) in [7, 11) is 0. The fourth-order valence-electron chi connectivity index (χ4n) is 2.57. The first-order valence-corrected chi connectivity index (χ1v) is 6.20. The second-order valence-electron chi connectivity index (χ2n) is 4.40. The molecule has 0 amide bonds. The van der Waals surface area contributed by atoms with Gasteiger partial charge in [0.05, 0.1) is 5.38 Å². The maximum atomic E-state index is 6.40. The Balaban J connectivity index is 2.04. The van der Waals surface area contributed by atoms with Crippen LogP contribution in [-0.2, 0) is 0 Å². The van der Waals surface area contributed by atoms with E-state index >= 15 is 0 Å². The van der Waals surface area contributed by atoms with Crippen LogP contribution in [0.1, 0.15) is 17.9 Å². The largest absolute Gasteiger partial charge is 0.361 e. The van der Waals surface area contributed by atoms with Gasteiger partial charge in [-0.25, -0.2) is 0 Å². The minimum atomic E-state index is 0.202. The number of aromatic amines is 1. The van der Waals surface area contributed by atoms with Crippen LogP contribution < -0.4 is 5.32 Å². The van der Waals surface area contributed by atoms with Crippen molar-refractivity contribution in [1.29, 1.82) is 0 Å². The van der Waals surface area contributed by atoms with Crippen molar-refractivity contribution in [2.45, 2.75) is 17.7 Å². The second kappa shape index (κ2) is 4.11. The van der Waals surface area contributed by atoms with Crippen LogP contribution in [0.25, 0.3) is 10.9 Å². The van der Waals surface area contributed by atoms with E-state index in [1.54, 1.807) is 0 Å². The van der Waals surface area contributed by atoms with Gasteiger partial charge in [-0.2, -0.15) is 0 Å². The maximum Gasteiger partial charge on any atom is 0.0530 e. The number of hydrogen-bond acceptors (Lipinski definition) is 1. The smallest absolute Gasteiger partial charge is 0.0530 e. The van der Waals surface area contributed by atoms with Crippen LogP contribution in [0, 0.1) is 0 Å². The molecule has 2 heterocycles. The molecule has 0 spiro atoms. The highest BCUT2D eigenvalue weighted by molar-refractivity contribution is 6.21. The molecule has 84 valence electrons. The molecule has 2 aromatic rings. The number of hydrogen-bond donors (Lipinski definition) is 2. The average molecular weight is 235 g/mol. The summed E-state index contributed by atoms with van der Waals surface area (Å²) in [6, 6.07) is 8.43. The minimum Gasteiger partial charge on any atom is -0.361 e. The van der Waals surface area contributed by atoms with E-state index in [0.717, 1.165) is 19.5 Å². The highest BCUT2D eigenvalue weighted by Crippen LogP contribution is 2.33. The number of fused-ring (bicyclic) bond motifs is 1. The van der Waals surface area contributed by atoms with Gasteiger partial charge >= 0.3 is 0 Å². The fourth-order valence-corrected chi connectivity index (χ4v) is 2.94. The van der Waals surface area contributed by atoms with Gasteiger partial charge in [-0.1, -0.05) is 18.2 Å². The summed E-state index contributed by atoms with van der Waals surface area (Å²) in [5.41, 5.74) is 2.58. The Labute approximate surface area is 100.0 Å². The van der Waals surface area contributed by atoms with E-state index in [4.69, 9.17) is 11.6 Å². The Morgan fingerprint density at radius 3 is 3.00 bits per heavy atom. The first-order valence-electron chi connectivity index (χ1n) is 5.77. The van der Waals surface area contributed by atoms with E-state index in [0.29, 0.717) is 5.92 Å². The van der Waals surface area contributed by atoms with Crippen molar-refractivity contribution in [3.8, 4) is 0 Å². The molecular weight excluding hydrogens is 220 g/mol. The van der Waals surface area contributed by atoms with Crippen LogP contribution in [-0.4, -0.2) is 23.5 Å². The van der Waals surface area contributed by atoms with Gasteiger partial charge in [-0.05, 0) is 24.6 Å². The van der Waals surface area contributed by atoms with Crippen LogP contribution >= 0.6 is 11.6 Å². The molecule has 0 radical (unpaired) electrons. The normalized spacial score (nSPS) is 26.1. The number of nitrogens with one attached hydrogen (secondary N) is 2. The molecule has 0 bridgehead atoms. The quantitative estimate of drug-likeness (QED) is 0.730. The lowest BCUT2D eigenvalue weighted by Gasteiger charge is -2.27. The van der Waals surface area contributed by atoms with Crippen molar-refractivity contribution in [2.24, 2.45) is 0 Å². The third-order valence-electron chi connectivity index (χ3n) is 3.43. The molecule has 1 saturated heterocycles. The molecule has 3 heteroatoms. The molecule has 1 aliphatic heterocycles. The summed E-state index contributed by atoms with van der Waals surface area (Å²) in [4.78, 5) is 3.33. The maximum absolute atomic E-state index is 6.40. The molecule has 1 fully saturated rings. The van der Waals surface area contributed by atoms with Gasteiger partial charge in [0.25, 0.3) is 0 Å². The highest BCUT2D eigenvalue weighted by Gasteiger charge is 2.26. The van der Waals surface area contributed by atoms with E-state index in [2.05, 4.69) is 40.8 Å². The van der Waals surface area contributed by atoms with Crippen LogP contribution in [0.2, 0.25) is 0 Å². The van der Waals surface area contributed by atoms with Gasteiger partial charge in [0.1, 0.15) is 0 Å². The second-order valence-corrected chi connectivity index (χ2v) is 4.97. The Bertz CT molecular complexity index is 491. The highest BCUT2D eigenvalue weighted by atomic mass is 35.5. The minimum absolute atomic E-state index is 0.202. The molecule has 1 aromatic heterocycles. The van der Waals surface area contributed by atoms with Crippen LogP contribution in [0.4, 0.5) is 0 Å². The molecule has 1 aromatic carbocycles. The van der Waals surface area contributed by atoms with Gasteiger partial charge in [-0.3, -0.25) is 0 Å². The summed E-state index contributed by atoms with van der Waals surface area (Å²) in [6.07, 6.45) is 3.24. The number of alkyl halides is 1. The predicted molar refractivity (Wildman–Crippen MR) is 68.2 cm³/mol.